The summed E-state index contributed by atoms with van der Waals surface area (Å²) in [6.07, 6.45) is 3.03. The third kappa shape index (κ3) is 2.80. The predicted octanol–water partition coefficient (Wildman–Crippen LogP) is 2.92. The highest BCUT2D eigenvalue weighted by molar-refractivity contribution is 6.32. The Bertz CT molecular complexity index is 488. The fraction of sp³-hybridized carbons (Fsp3) is 0.429. The number of rotatable bonds is 5. The Morgan fingerprint density at radius 3 is 2.63 bits per heavy atom. The molecule has 0 aliphatic carbocycles. The summed E-state index contributed by atoms with van der Waals surface area (Å²) >= 11 is 6.23. The van der Waals surface area contributed by atoms with Gasteiger partial charge in [-0.3, -0.25) is 0 Å². The van der Waals surface area contributed by atoms with Crippen molar-refractivity contribution in [2.45, 2.75) is 12.5 Å². The molecule has 19 heavy (non-hydrogen) atoms. The second kappa shape index (κ2) is 6.17. The van der Waals surface area contributed by atoms with Gasteiger partial charge in [-0.1, -0.05) is 11.6 Å². The summed E-state index contributed by atoms with van der Waals surface area (Å²) in [5, 5.41) is 3.75. The van der Waals surface area contributed by atoms with E-state index in [1.165, 1.54) is 0 Å². The van der Waals surface area contributed by atoms with E-state index in [9.17, 15) is 0 Å². The first-order valence-corrected chi connectivity index (χ1v) is 6.50. The van der Waals surface area contributed by atoms with Gasteiger partial charge in [-0.05, 0) is 30.8 Å². The number of halogens is 1. The molecule has 0 amide bonds. The Kier molecular flexibility index (Phi) is 4.56. The maximum absolute atomic E-state index is 6.23. The van der Waals surface area contributed by atoms with Crippen molar-refractivity contribution < 1.29 is 14.2 Å². The second-order valence-corrected chi connectivity index (χ2v) is 4.61. The van der Waals surface area contributed by atoms with Gasteiger partial charge in [0.2, 0.25) is 0 Å². The molecule has 1 unspecified atom stereocenters. The number of hydrogen-bond acceptors (Lipinski definition) is 4. The van der Waals surface area contributed by atoms with E-state index >= 15 is 0 Å². The Labute approximate surface area is 118 Å². The molecule has 104 valence electrons. The molecule has 0 fully saturated rings. The van der Waals surface area contributed by atoms with Crippen molar-refractivity contribution in [1.82, 2.24) is 5.32 Å². The molecule has 0 saturated heterocycles. The third-order valence-corrected chi connectivity index (χ3v) is 3.38. The average Bonchev–Trinajstić information content (AvgIpc) is 2.92. The molecule has 1 aliphatic heterocycles. The Morgan fingerprint density at radius 2 is 2.11 bits per heavy atom. The molecular formula is C14H18ClNO3. The van der Waals surface area contributed by atoms with Gasteiger partial charge in [0, 0.05) is 6.42 Å². The summed E-state index contributed by atoms with van der Waals surface area (Å²) in [4.78, 5) is 0. The summed E-state index contributed by atoms with van der Waals surface area (Å²) < 4.78 is 16.2. The largest absolute Gasteiger partial charge is 0.496 e. The van der Waals surface area contributed by atoms with Gasteiger partial charge < -0.3 is 19.5 Å². The van der Waals surface area contributed by atoms with Gasteiger partial charge in [0.05, 0.1) is 31.9 Å². The average molecular weight is 284 g/mol. The molecule has 2 rings (SSSR count). The monoisotopic (exact) mass is 283 g/mol. The van der Waals surface area contributed by atoms with E-state index in [4.69, 9.17) is 25.8 Å². The SMILES string of the molecule is CNC(C1=CCCO1)c1cc(Cl)c(OC)c(OC)c1. The fourth-order valence-electron chi connectivity index (χ4n) is 2.22. The van der Waals surface area contributed by atoms with Crippen molar-refractivity contribution in [2.24, 2.45) is 0 Å². The summed E-state index contributed by atoms with van der Waals surface area (Å²) in [6.45, 7) is 0.731. The number of nitrogens with one attached hydrogen (secondary N) is 1. The normalized spacial score (nSPS) is 15.7. The molecule has 0 radical (unpaired) electrons. The third-order valence-electron chi connectivity index (χ3n) is 3.09. The standard InChI is InChI=1S/C14H18ClNO3/c1-16-13(11-5-4-6-19-11)9-7-10(15)14(18-3)12(8-9)17-2/h5,7-8,13,16H,4,6H2,1-3H3. The molecule has 1 aromatic carbocycles. The number of likely N-dealkylation sites (N-methyl/N-ethyl adjacent to an activating group) is 1. The van der Waals surface area contributed by atoms with Gasteiger partial charge in [0.25, 0.3) is 0 Å². The molecule has 0 aromatic heterocycles. The minimum absolute atomic E-state index is 0.0280. The van der Waals surface area contributed by atoms with Crippen LogP contribution in [0.2, 0.25) is 5.02 Å². The lowest BCUT2D eigenvalue weighted by Gasteiger charge is -2.20. The highest BCUT2D eigenvalue weighted by Crippen LogP contribution is 2.39. The van der Waals surface area contributed by atoms with Crippen LogP contribution >= 0.6 is 11.6 Å². The summed E-state index contributed by atoms with van der Waals surface area (Å²) in [5.74, 6) is 2.08. The lowest BCUT2D eigenvalue weighted by atomic mass is 10.0. The highest BCUT2D eigenvalue weighted by atomic mass is 35.5. The zero-order valence-corrected chi connectivity index (χ0v) is 12.1. The van der Waals surface area contributed by atoms with Crippen LogP contribution in [0.25, 0.3) is 0 Å². The molecular weight excluding hydrogens is 266 g/mol. The molecule has 4 nitrogen and oxygen atoms in total. The van der Waals surface area contributed by atoms with Crippen LogP contribution in [-0.2, 0) is 4.74 Å². The molecule has 1 aromatic rings. The Balaban J connectivity index is 2.40. The van der Waals surface area contributed by atoms with Gasteiger partial charge in [-0.15, -0.1) is 0 Å². The van der Waals surface area contributed by atoms with E-state index in [0.717, 1.165) is 24.4 Å². The van der Waals surface area contributed by atoms with Gasteiger partial charge in [0.15, 0.2) is 11.5 Å². The molecule has 0 bridgehead atoms. The van der Waals surface area contributed by atoms with Crippen LogP contribution < -0.4 is 14.8 Å². The quantitative estimate of drug-likeness (QED) is 0.902. The zero-order chi connectivity index (χ0) is 13.8. The maximum atomic E-state index is 6.23. The number of benzene rings is 1. The number of ether oxygens (including phenoxy) is 3. The first-order chi connectivity index (χ1) is 9.21. The Hall–Kier alpha value is -1.39. The lowest BCUT2D eigenvalue weighted by Crippen LogP contribution is -2.19. The maximum Gasteiger partial charge on any atom is 0.179 e. The van der Waals surface area contributed by atoms with Crippen molar-refractivity contribution in [1.29, 1.82) is 0 Å². The molecule has 1 heterocycles. The highest BCUT2D eigenvalue weighted by Gasteiger charge is 2.22. The lowest BCUT2D eigenvalue weighted by molar-refractivity contribution is 0.218. The summed E-state index contributed by atoms with van der Waals surface area (Å²) in [7, 11) is 5.05. The Morgan fingerprint density at radius 1 is 1.32 bits per heavy atom. The van der Waals surface area contributed by atoms with Gasteiger partial charge in [0.1, 0.15) is 5.76 Å². The molecule has 5 heteroatoms. The summed E-state index contributed by atoms with van der Waals surface area (Å²) in [5.41, 5.74) is 0.985. The van der Waals surface area contributed by atoms with Crippen LogP contribution in [0, 0.1) is 0 Å². The fourth-order valence-corrected chi connectivity index (χ4v) is 2.51. The first kappa shape index (κ1) is 14.0. The molecule has 1 aliphatic rings. The van der Waals surface area contributed by atoms with Gasteiger partial charge >= 0.3 is 0 Å². The minimum atomic E-state index is -0.0280. The van der Waals surface area contributed by atoms with Crippen LogP contribution in [0.4, 0.5) is 0 Å². The number of methoxy groups -OCH3 is 2. The van der Waals surface area contributed by atoms with Crippen molar-refractivity contribution in [3.05, 3.63) is 34.6 Å². The van der Waals surface area contributed by atoms with Crippen LogP contribution in [0.5, 0.6) is 11.5 Å². The topological polar surface area (TPSA) is 39.7 Å². The van der Waals surface area contributed by atoms with E-state index < -0.39 is 0 Å². The van der Waals surface area contributed by atoms with Gasteiger partial charge in [-0.2, -0.15) is 0 Å². The van der Waals surface area contributed by atoms with Crippen molar-refractivity contribution in [2.75, 3.05) is 27.9 Å². The van der Waals surface area contributed by atoms with Crippen LogP contribution in [0.3, 0.4) is 0 Å². The van der Waals surface area contributed by atoms with E-state index in [1.54, 1.807) is 14.2 Å². The molecule has 0 spiro atoms. The molecule has 1 N–H and O–H groups in total. The van der Waals surface area contributed by atoms with Crippen LogP contribution in [0.15, 0.2) is 24.0 Å². The van der Waals surface area contributed by atoms with E-state index in [2.05, 4.69) is 11.4 Å². The van der Waals surface area contributed by atoms with Crippen LogP contribution in [-0.4, -0.2) is 27.9 Å². The van der Waals surface area contributed by atoms with Crippen LogP contribution in [0.1, 0.15) is 18.0 Å². The summed E-state index contributed by atoms with van der Waals surface area (Å²) in [6, 6.07) is 3.75. The molecule has 0 saturated carbocycles. The predicted molar refractivity (Wildman–Crippen MR) is 75.0 cm³/mol. The smallest absolute Gasteiger partial charge is 0.179 e. The van der Waals surface area contributed by atoms with Crippen molar-refractivity contribution >= 4 is 11.6 Å². The number of hydrogen-bond donors (Lipinski definition) is 1. The molecule has 1 atom stereocenters. The van der Waals surface area contributed by atoms with Crippen molar-refractivity contribution in [3.63, 3.8) is 0 Å². The minimum Gasteiger partial charge on any atom is -0.496 e. The van der Waals surface area contributed by atoms with E-state index in [0.29, 0.717) is 16.5 Å². The zero-order valence-electron chi connectivity index (χ0n) is 11.3. The first-order valence-electron chi connectivity index (χ1n) is 6.12. The van der Waals surface area contributed by atoms with E-state index in [-0.39, 0.29) is 6.04 Å². The second-order valence-electron chi connectivity index (χ2n) is 4.20. The van der Waals surface area contributed by atoms with Crippen molar-refractivity contribution in [3.8, 4) is 11.5 Å². The van der Waals surface area contributed by atoms with Gasteiger partial charge in [-0.25, -0.2) is 0 Å². The van der Waals surface area contributed by atoms with E-state index in [1.807, 2.05) is 19.2 Å².